The Labute approximate surface area is 209 Å². The molecule has 0 fully saturated rings. The van der Waals surface area contributed by atoms with Crippen molar-refractivity contribution < 1.29 is 23.4 Å². The molecule has 3 aromatic carbocycles. The van der Waals surface area contributed by atoms with Crippen molar-refractivity contribution in [2.24, 2.45) is 0 Å². The zero-order valence-electron chi connectivity index (χ0n) is 21.3. The van der Waals surface area contributed by atoms with Crippen molar-refractivity contribution >= 4 is 22.6 Å². The molecule has 7 heteroatoms. The number of hydrogen-bond acceptors (Lipinski definition) is 6. The Morgan fingerprint density at radius 2 is 1.61 bits per heavy atom. The number of hydrogen-bond donors (Lipinski definition) is 1. The van der Waals surface area contributed by atoms with Gasteiger partial charge in [0.1, 0.15) is 5.58 Å². The molecule has 186 valence electrons. The third-order valence-corrected chi connectivity index (χ3v) is 6.34. The molecule has 0 unspecified atom stereocenters. The molecule has 0 aliphatic heterocycles. The Morgan fingerprint density at radius 1 is 0.889 bits per heavy atom. The van der Waals surface area contributed by atoms with Crippen molar-refractivity contribution in [3.63, 3.8) is 0 Å². The van der Waals surface area contributed by atoms with E-state index in [4.69, 9.17) is 18.6 Å². The highest BCUT2D eigenvalue weighted by molar-refractivity contribution is 5.93. The summed E-state index contributed by atoms with van der Waals surface area (Å²) in [6.45, 7) is 7.42. The number of amides is 1. The topological polar surface area (TPSA) is 87.0 Å². The molecule has 4 rings (SSSR count). The van der Waals surface area contributed by atoms with E-state index < -0.39 is 0 Å². The number of ether oxygens (including phenoxy) is 3. The number of carbonyl (C=O) groups is 1. The van der Waals surface area contributed by atoms with Crippen molar-refractivity contribution in [3.8, 4) is 28.6 Å². The first-order chi connectivity index (χ1) is 17.2. The maximum absolute atomic E-state index is 13.6. The summed E-state index contributed by atoms with van der Waals surface area (Å²) in [5.74, 6) is 0.773. The largest absolute Gasteiger partial charge is 0.493 e. The van der Waals surface area contributed by atoms with Crippen LogP contribution in [0.1, 0.15) is 22.3 Å². The number of nitrogens with one attached hydrogen (secondary N) is 1. The van der Waals surface area contributed by atoms with Crippen molar-refractivity contribution in [1.29, 1.82) is 0 Å². The predicted octanol–water partition coefficient (Wildman–Crippen LogP) is 5.73. The average molecular weight is 488 g/mol. The fraction of sp³-hybridized carbons (Fsp3) is 0.241. The highest BCUT2D eigenvalue weighted by atomic mass is 16.5. The molecule has 4 aromatic rings. The molecule has 0 saturated carbocycles. The number of fused-ring (bicyclic) bond motifs is 1. The first-order valence-corrected chi connectivity index (χ1v) is 11.5. The van der Waals surface area contributed by atoms with Crippen molar-refractivity contribution in [3.05, 3.63) is 81.0 Å². The Kier molecular flexibility index (Phi) is 7.01. The molecule has 0 atom stereocenters. The third kappa shape index (κ3) is 4.77. The molecule has 1 amide bonds. The molecule has 0 bridgehead atoms. The number of anilines is 1. The van der Waals surface area contributed by atoms with Gasteiger partial charge in [0, 0.05) is 11.3 Å². The maximum Gasteiger partial charge on any atom is 0.262 e. The molecule has 1 aromatic heterocycles. The second-order valence-electron chi connectivity index (χ2n) is 8.68. The van der Waals surface area contributed by atoms with E-state index in [-0.39, 0.29) is 29.5 Å². The molecule has 36 heavy (non-hydrogen) atoms. The fourth-order valence-electron chi connectivity index (χ4n) is 3.94. The van der Waals surface area contributed by atoms with Gasteiger partial charge in [-0.2, -0.15) is 0 Å². The van der Waals surface area contributed by atoms with Gasteiger partial charge in [0.05, 0.1) is 19.6 Å². The zero-order valence-corrected chi connectivity index (χ0v) is 21.3. The fourth-order valence-corrected chi connectivity index (χ4v) is 3.94. The van der Waals surface area contributed by atoms with Gasteiger partial charge in [-0.25, -0.2) is 0 Å². The summed E-state index contributed by atoms with van der Waals surface area (Å²) >= 11 is 0. The van der Waals surface area contributed by atoms with Crippen molar-refractivity contribution in [2.45, 2.75) is 27.7 Å². The SMILES string of the molecule is COc1ccc(-c2oc3cc(C)c(C)cc3c(=O)c2OCC(=O)Nc2cccc(C)c2C)cc1OC. The molecular formula is C29H29NO6. The minimum atomic E-state index is -0.387. The summed E-state index contributed by atoms with van der Waals surface area (Å²) in [7, 11) is 3.07. The summed E-state index contributed by atoms with van der Waals surface area (Å²) in [5, 5.41) is 3.24. The molecule has 0 saturated heterocycles. The molecule has 1 heterocycles. The first-order valence-electron chi connectivity index (χ1n) is 11.5. The molecule has 0 radical (unpaired) electrons. The van der Waals surface area contributed by atoms with Crippen LogP contribution in [0.2, 0.25) is 0 Å². The lowest BCUT2D eigenvalue weighted by Gasteiger charge is -2.15. The van der Waals surface area contributed by atoms with Crippen molar-refractivity contribution in [2.75, 3.05) is 26.1 Å². The van der Waals surface area contributed by atoms with Gasteiger partial charge in [0.25, 0.3) is 5.91 Å². The van der Waals surface area contributed by atoms with Crippen LogP contribution >= 0.6 is 0 Å². The minimum absolute atomic E-state index is 0.0471. The van der Waals surface area contributed by atoms with Crippen LogP contribution in [0.15, 0.2) is 57.7 Å². The van der Waals surface area contributed by atoms with Crippen LogP contribution in [0, 0.1) is 27.7 Å². The Bertz CT molecular complexity index is 1520. The van der Waals surface area contributed by atoms with Crippen LogP contribution in [0.5, 0.6) is 17.2 Å². The lowest BCUT2D eigenvalue weighted by Crippen LogP contribution is -2.23. The number of carbonyl (C=O) groups excluding carboxylic acids is 1. The predicted molar refractivity (Wildman–Crippen MR) is 141 cm³/mol. The Hall–Kier alpha value is -4.26. The van der Waals surface area contributed by atoms with Gasteiger partial charge in [0.2, 0.25) is 11.2 Å². The summed E-state index contributed by atoms with van der Waals surface area (Å²) in [6, 6.07) is 14.4. The summed E-state index contributed by atoms with van der Waals surface area (Å²) in [4.78, 5) is 26.3. The van der Waals surface area contributed by atoms with Crippen LogP contribution in [-0.2, 0) is 4.79 Å². The Morgan fingerprint density at radius 3 is 2.33 bits per heavy atom. The monoisotopic (exact) mass is 487 g/mol. The van der Waals surface area contributed by atoms with Crippen molar-refractivity contribution in [1.82, 2.24) is 0 Å². The van der Waals surface area contributed by atoms with E-state index in [0.29, 0.717) is 33.7 Å². The van der Waals surface area contributed by atoms with Crippen LogP contribution < -0.4 is 25.0 Å². The summed E-state index contributed by atoms with van der Waals surface area (Å²) < 4.78 is 22.8. The number of methoxy groups -OCH3 is 2. The minimum Gasteiger partial charge on any atom is -0.493 e. The standard InChI is InChI=1S/C29H29NO6/c1-16-8-7-9-22(19(16)4)30-26(31)15-35-29-27(32)21-12-17(2)18(3)13-24(21)36-28(29)20-10-11-23(33-5)25(14-20)34-6/h7-14H,15H2,1-6H3,(H,30,31). The van der Waals surface area contributed by atoms with E-state index in [1.807, 2.05) is 52.0 Å². The second kappa shape index (κ2) is 10.2. The molecule has 0 aliphatic rings. The van der Waals surface area contributed by atoms with Crippen LogP contribution in [-0.4, -0.2) is 26.7 Å². The van der Waals surface area contributed by atoms with Gasteiger partial charge >= 0.3 is 0 Å². The molecule has 0 aliphatic carbocycles. The zero-order chi connectivity index (χ0) is 26.0. The quantitative estimate of drug-likeness (QED) is 0.358. The molecule has 0 spiro atoms. The van der Waals surface area contributed by atoms with Gasteiger partial charge in [0.15, 0.2) is 23.9 Å². The van der Waals surface area contributed by atoms with Gasteiger partial charge in [-0.15, -0.1) is 0 Å². The van der Waals surface area contributed by atoms with Gasteiger partial charge in [-0.1, -0.05) is 12.1 Å². The van der Waals surface area contributed by atoms with E-state index in [0.717, 1.165) is 22.3 Å². The van der Waals surface area contributed by atoms with Gasteiger partial charge < -0.3 is 23.9 Å². The van der Waals surface area contributed by atoms with Crippen LogP contribution in [0.3, 0.4) is 0 Å². The average Bonchev–Trinajstić information content (AvgIpc) is 2.87. The number of rotatable bonds is 7. The number of aryl methyl sites for hydroxylation is 3. The lowest BCUT2D eigenvalue weighted by molar-refractivity contribution is -0.118. The van der Waals surface area contributed by atoms with E-state index in [1.54, 1.807) is 31.4 Å². The summed E-state index contributed by atoms with van der Waals surface area (Å²) in [6.07, 6.45) is 0. The van der Waals surface area contributed by atoms with Gasteiger partial charge in [-0.05, 0) is 86.3 Å². The van der Waals surface area contributed by atoms with Crippen LogP contribution in [0.25, 0.3) is 22.3 Å². The number of benzene rings is 3. The first kappa shape index (κ1) is 24.9. The maximum atomic E-state index is 13.6. The smallest absolute Gasteiger partial charge is 0.262 e. The van der Waals surface area contributed by atoms with E-state index in [2.05, 4.69) is 5.32 Å². The normalized spacial score (nSPS) is 10.8. The summed E-state index contributed by atoms with van der Waals surface area (Å²) in [5.41, 5.74) is 5.29. The van der Waals surface area contributed by atoms with E-state index in [9.17, 15) is 9.59 Å². The van der Waals surface area contributed by atoms with Crippen LogP contribution in [0.4, 0.5) is 5.69 Å². The Balaban J connectivity index is 1.77. The van der Waals surface area contributed by atoms with Gasteiger partial charge in [-0.3, -0.25) is 9.59 Å². The van der Waals surface area contributed by atoms with E-state index in [1.165, 1.54) is 7.11 Å². The second-order valence-corrected chi connectivity index (χ2v) is 8.68. The molecule has 1 N–H and O–H groups in total. The lowest BCUT2D eigenvalue weighted by atomic mass is 10.0. The molecular weight excluding hydrogens is 458 g/mol. The third-order valence-electron chi connectivity index (χ3n) is 6.34. The molecule has 7 nitrogen and oxygen atoms in total. The van der Waals surface area contributed by atoms with E-state index >= 15 is 0 Å². The highest BCUT2D eigenvalue weighted by Gasteiger charge is 2.21. The highest BCUT2D eigenvalue weighted by Crippen LogP contribution is 2.37.